The molecule has 0 unspecified atom stereocenters. The molecule has 0 amide bonds. The first kappa shape index (κ1) is 11.1. The van der Waals surface area contributed by atoms with Crippen LogP contribution in [0.15, 0.2) is 8.95 Å². The van der Waals surface area contributed by atoms with Gasteiger partial charge < -0.3 is 0 Å². The van der Waals surface area contributed by atoms with Gasteiger partial charge in [0.05, 0.1) is 8.95 Å². The second-order valence-corrected chi connectivity index (χ2v) is 3.82. The summed E-state index contributed by atoms with van der Waals surface area (Å²) in [6.45, 7) is 0. The van der Waals surface area contributed by atoms with Gasteiger partial charge in [0.2, 0.25) is 0 Å². The molecule has 0 atom stereocenters. The number of benzene rings is 1. The van der Waals surface area contributed by atoms with Crippen LogP contribution in [-0.4, -0.2) is 0 Å². The Balaban J connectivity index is 3.78. The quantitative estimate of drug-likeness (QED) is 0.544. The SMILES string of the molecule is N#Cc1c(F)c(Br)c(Br)c(C#N)c1F. The number of nitrogens with zero attached hydrogens (tertiary/aromatic N) is 2. The molecule has 0 saturated carbocycles. The molecule has 0 aliphatic carbocycles. The number of halogens is 4. The monoisotopic (exact) mass is 320 g/mol. The molecule has 1 rings (SSSR count). The van der Waals surface area contributed by atoms with Gasteiger partial charge in [-0.2, -0.15) is 10.5 Å². The summed E-state index contributed by atoms with van der Waals surface area (Å²) >= 11 is 5.65. The normalized spacial score (nSPS) is 9.29. The standard InChI is InChI=1S/C8Br2F2N2/c9-5-3(1-13)7(11)4(2-14)8(12)6(5)10. The predicted octanol–water partition coefficient (Wildman–Crippen LogP) is 3.23. The average Bonchev–Trinajstić information content (AvgIpc) is 2.16. The van der Waals surface area contributed by atoms with Crippen molar-refractivity contribution in [3.63, 3.8) is 0 Å². The fourth-order valence-corrected chi connectivity index (χ4v) is 1.66. The molecule has 0 fully saturated rings. The summed E-state index contributed by atoms with van der Waals surface area (Å²) < 4.78 is 26.3. The fraction of sp³-hybridized carbons (Fsp3) is 0. The Bertz CT molecular complexity index is 445. The highest BCUT2D eigenvalue weighted by atomic mass is 79.9. The smallest absolute Gasteiger partial charge is 0.162 e. The molecule has 0 radical (unpaired) electrons. The van der Waals surface area contributed by atoms with E-state index in [0.717, 1.165) is 0 Å². The van der Waals surface area contributed by atoms with E-state index in [0.29, 0.717) is 0 Å². The molecule has 6 heteroatoms. The van der Waals surface area contributed by atoms with E-state index >= 15 is 0 Å². The van der Waals surface area contributed by atoms with Gasteiger partial charge in [0.25, 0.3) is 0 Å². The third kappa shape index (κ3) is 1.52. The van der Waals surface area contributed by atoms with E-state index in [-0.39, 0.29) is 8.95 Å². The molecular formula is C8Br2F2N2. The Morgan fingerprint density at radius 1 is 0.857 bits per heavy atom. The van der Waals surface area contributed by atoms with E-state index < -0.39 is 22.8 Å². The van der Waals surface area contributed by atoms with E-state index in [1.807, 2.05) is 0 Å². The van der Waals surface area contributed by atoms with Gasteiger partial charge >= 0.3 is 0 Å². The molecule has 70 valence electrons. The molecule has 0 aliphatic heterocycles. The Hall–Kier alpha value is -0.980. The molecule has 1 aromatic rings. The zero-order chi connectivity index (χ0) is 10.9. The van der Waals surface area contributed by atoms with Crippen LogP contribution in [0.4, 0.5) is 8.78 Å². The van der Waals surface area contributed by atoms with Crippen LogP contribution < -0.4 is 0 Å². The maximum Gasteiger partial charge on any atom is 0.162 e. The molecule has 0 N–H and O–H groups in total. The Morgan fingerprint density at radius 2 is 1.36 bits per heavy atom. The lowest BCUT2D eigenvalue weighted by Crippen LogP contribution is -1.98. The van der Waals surface area contributed by atoms with Crippen molar-refractivity contribution >= 4 is 31.9 Å². The fourth-order valence-electron chi connectivity index (χ4n) is 0.830. The summed E-state index contributed by atoms with van der Waals surface area (Å²) in [5, 5.41) is 17.0. The summed E-state index contributed by atoms with van der Waals surface area (Å²) in [6, 6.07) is 2.89. The van der Waals surface area contributed by atoms with Crippen molar-refractivity contribution < 1.29 is 8.78 Å². The largest absolute Gasteiger partial charge is 0.204 e. The van der Waals surface area contributed by atoms with Gasteiger partial charge in [0.15, 0.2) is 11.6 Å². The second-order valence-electron chi connectivity index (χ2n) is 2.23. The molecule has 0 aromatic heterocycles. The van der Waals surface area contributed by atoms with Crippen LogP contribution in [0.5, 0.6) is 0 Å². The van der Waals surface area contributed by atoms with Gasteiger partial charge in [-0.3, -0.25) is 0 Å². The molecule has 0 spiro atoms. The minimum atomic E-state index is -1.15. The molecule has 14 heavy (non-hydrogen) atoms. The predicted molar refractivity (Wildman–Crippen MR) is 51.2 cm³/mol. The zero-order valence-corrected chi connectivity index (χ0v) is 9.58. The van der Waals surface area contributed by atoms with E-state index in [2.05, 4.69) is 31.9 Å². The van der Waals surface area contributed by atoms with Gasteiger partial charge in [-0.25, -0.2) is 8.78 Å². The van der Waals surface area contributed by atoms with E-state index in [9.17, 15) is 8.78 Å². The van der Waals surface area contributed by atoms with Crippen molar-refractivity contribution in [1.82, 2.24) is 0 Å². The number of rotatable bonds is 0. The molecule has 0 aliphatic rings. The van der Waals surface area contributed by atoms with Crippen LogP contribution in [0.1, 0.15) is 11.1 Å². The lowest BCUT2D eigenvalue weighted by molar-refractivity contribution is 0.568. The van der Waals surface area contributed by atoms with Crippen LogP contribution in [0.2, 0.25) is 0 Å². The van der Waals surface area contributed by atoms with Crippen molar-refractivity contribution in [3.8, 4) is 12.1 Å². The van der Waals surface area contributed by atoms with E-state index in [4.69, 9.17) is 10.5 Å². The molecule has 2 nitrogen and oxygen atoms in total. The molecule has 0 heterocycles. The maximum absolute atomic E-state index is 13.2. The third-order valence-electron chi connectivity index (χ3n) is 1.49. The first-order chi connectivity index (χ1) is 6.54. The summed E-state index contributed by atoms with van der Waals surface area (Å²) in [4.78, 5) is 0. The zero-order valence-electron chi connectivity index (χ0n) is 6.41. The van der Waals surface area contributed by atoms with Crippen LogP contribution in [-0.2, 0) is 0 Å². The summed E-state index contributed by atoms with van der Waals surface area (Å²) in [5.41, 5.74) is -1.16. The minimum Gasteiger partial charge on any atom is -0.204 e. The Labute approximate surface area is 95.0 Å². The molecule has 1 aromatic carbocycles. The van der Waals surface area contributed by atoms with Gasteiger partial charge in [-0.05, 0) is 31.9 Å². The van der Waals surface area contributed by atoms with E-state index in [1.165, 1.54) is 12.1 Å². The summed E-state index contributed by atoms with van der Waals surface area (Å²) in [6.07, 6.45) is 0. The van der Waals surface area contributed by atoms with Gasteiger partial charge in [0, 0.05) is 0 Å². The van der Waals surface area contributed by atoms with Gasteiger partial charge in [-0.15, -0.1) is 0 Å². The van der Waals surface area contributed by atoms with Crippen molar-refractivity contribution in [1.29, 1.82) is 10.5 Å². The number of hydrogen-bond donors (Lipinski definition) is 0. The minimum absolute atomic E-state index is 0.0333. The maximum atomic E-state index is 13.2. The van der Waals surface area contributed by atoms with Crippen LogP contribution in [0, 0.1) is 34.3 Å². The van der Waals surface area contributed by atoms with Crippen molar-refractivity contribution in [2.45, 2.75) is 0 Å². The first-order valence-electron chi connectivity index (χ1n) is 3.20. The van der Waals surface area contributed by atoms with Crippen molar-refractivity contribution in [2.75, 3.05) is 0 Å². The van der Waals surface area contributed by atoms with Gasteiger partial charge in [-0.1, -0.05) is 0 Å². The first-order valence-corrected chi connectivity index (χ1v) is 4.79. The second kappa shape index (κ2) is 4.04. The average molecular weight is 322 g/mol. The van der Waals surface area contributed by atoms with Crippen molar-refractivity contribution in [2.24, 2.45) is 0 Å². The van der Waals surface area contributed by atoms with Crippen LogP contribution in [0.25, 0.3) is 0 Å². The van der Waals surface area contributed by atoms with Crippen molar-refractivity contribution in [3.05, 3.63) is 31.7 Å². The number of nitriles is 2. The Morgan fingerprint density at radius 3 is 1.79 bits per heavy atom. The van der Waals surface area contributed by atoms with Crippen LogP contribution in [0.3, 0.4) is 0 Å². The molecule has 0 bridgehead atoms. The molecular weight excluding hydrogens is 322 g/mol. The topological polar surface area (TPSA) is 47.6 Å². The highest BCUT2D eigenvalue weighted by Gasteiger charge is 2.21. The Kier molecular flexibility index (Phi) is 3.20. The molecule has 0 saturated heterocycles. The lowest BCUT2D eigenvalue weighted by Gasteiger charge is -2.04. The number of hydrogen-bond acceptors (Lipinski definition) is 2. The third-order valence-corrected chi connectivity index (χ3v) is 3.56. The van der Waals surface area contributed by atoms with E-state index in [1.54, 1.807) is 0 Å². The highest BCUT2D eigenvalue weighted by Crippen LogP contribution is 2.33. The summed E-state index contributed by atoms with van der Waals surface area (Å²) in [5.74, 6) is -2.17. The lowest BCUT2D eigenvalue weighted by atomic mass is 10.1. The highest BCUT2D eigenvalue weighted by molar-refractivity contribution is 9.13. The van der Waals surface area contributed by atoms with Crippen LogP contribution >= 0.6 is 31.9 Å². The van der Waals surface area contributed by atoms with Gasteiger partial charge in [0.1, 0.15) is 23.3 Å². The summed E-state index contributed by atoms with van der Waals surface area (Å²) in [7, 11) is 0.